The summed E-state index contributed by atoms with van der Waals surface area (Å²) in [4.78, 5) is 0. The lowest BCUT2D eigenvalue weighted by atomic mass is 10.1. The monoisotopic (exact) mass is 351 g/mol. The van der Waals surface area contributed by atoms with Crippen LogP contribution in [-0.2, 0) is 6.42 Å². The normalized spacial score (nSPS) is 13.3. The van der Waals surface area contributed by atoms with Crippen molar-refractivity contribution in [2.45, 2.75) is 6.42 Å². The summed E-state index contributed by atoms with van der Waals surface area (Å²) in [6.07, 6.45) is 0.772. The molecule has 5 rings (SSSR count). The van der Waals surface area contributed by atoms with E-state index in [0.29, 0.717) is 5.75 Å². The summed E-state index contributed by atoms with van der Waals surface area (Å²) in [5.41, 5.74) is 5.19. The van der Waals surface area contributed by atoms with Crippen LogP contribution in [0.5, 0.6) is 23.0 Å². The summed E-state index contributed by atoms with van der Waals surface area (Å²) in [7, 11) is 3.28. The smallest absolute Gasteiger partial charge is 0.231 e. The second-order valence-electron chi connectivity index (χ2n) is 6.16. The highest BCUT2D eigenvalue weighted by Gasteiger charge is 2.27. The molecule has 0 unspecified atom stereocenters. The van der Waals surface area contributed by atoms with Gasteiger partial charge >= 0.3 is 0 Å². The van der Waals surface area contributed by atoms with E-state index in [1.54, 1.807) is 14.2 Å². The molecule has 2 aromatic carbocycles. The Morgan fingerprint density at radius 1 is 1.04 bits per heavy atom. The molecule has 2 aliphatic rings. The van der Waals surface area contributed by atoms with E-state index < -0.39 is 0 Å². The summed E-state index contributed by atoms with van der Waals surface area (Å²) in [6, 6.07) is 9.76. The molecule has 2 N–H and O–H groups in total. The predicted octanol–water partition coefficient (Wildman–Crippen LogP) is 3.47. The molecule has 0 spiro atoms. The second kappa shape index (κ2) is 5.59. The standard InChI is InChI=1S/C19H17N3O4/c1-23-15-6-10-5-13-18(12(10)8-16(15)24-2)21-22-19(13)20-11-3-4-14-17(7-11)26-9-25-14/h3-4,6-8H,5,9H2,1-2H3,(H2,20,21,22). The van der Waals surface area contributed by atoms with E-state index in [2.05, 4.69) is 15.5 Å². The summed E-state index contributed by atoms with van der Waals surface area (Å²) < 4.78 is 21.6. The number of hydrogen-bond donors (Lipinski definition) is 2. The zero-order chi connectivity index (χ0) is 17.7. The number of methoxy groups -OCH3 is 2. The molecule has 0 radical (unpaired) electrons. The van der Waals surface area contributed by atoms with E-state index in [4.69, 9.17) is 18.9 Å². The lowest BCUT2D eigenvalue weighted by molar-refractivity contribution is 0.174. The van der Waals surface area contributed by atoms with Crippen molar-refractivity contribution in [1.29, 1.82) is 0 Å². The van der Waals surface area contributed by atoms with Gasteiger partial charge in [-0.15, -0.1) is 0 Å². The molecular weight excluding hydrogens is 334 g/mol. The molecule has 0 amide bonds. The SMILES string of the molecule is COc1cc2c(cc1OC)-c1n[nH]c(Nc3ccc4c(c3)OCO4)c1C2. The van der Waals surface area contributed by atoms with E-state index in [-0.39, 0.29) is 6.79 Å². The van der Waals surface area contributed by atoms with Crippen LogP contribution >= 0.6 is 0 Å². The molecule has 0 saturated heterocycles. The van der Waals surface area contributed by atoms with Crippen LogP contribution in [0.3, 0.4) is 0 Å². The number of hydrogen-bond acceptors (Lipinski definition) is 6. The molecule has 1 aromatic heterocycles. The number of aromatic amines is 1. The van der Waals surface area contributed by atoms with Gasteiger partial charge in [-0.3, -0.25) is 5.10 Å². The number of nitrogens with one attached hydrogen (secondary N) is 2. The number of H-pyrrole nitrogens is 1. The van der Waals surface area contributed by atoms with Crippen molar-refractivity contribution in [3.8, 4) is 34.3 Å². The number of ether oxygens (including phenoxy) is 4. The average Bonchev–Trinajstić information content (AvgIpc) is 3.36. The Morgan fingerprint density at radius 3 is 2.69 bits per heavy atom. The van der Waals surface area contributed by atoms with Gasteiger partial charge in [0.1, 0.15) is 5.82 Å². The number of rotatable bonds is 4. The van der Waals surface area contributed by atoms with E-state index in [9.17, 15) is 0 Å². The van der Waals surface area contributed by atoms with Gasteiger partial charge in [0.2, 0.25) is 6.79 Å². The van der Waals surface area contributed by atoms with Crippen LogP contribution in [0.25, 0.3) is 11.3 Å². The molecule has 132 valence electrons. The van der Waals surface area contributed by atoms with E-state index in [1.165, 1.54) is 5.56 Å². The molecule has 0 fully saturated rings. The summed E-state index contributed by atoms with van der Waals surface area (Å²) >= 11 is 0. The second-order valence-corrected chi connectivity index (χ2v) is 6.16. The maximum Gasteiger partial charge on any atom is 0.231 e. The Kier molecular flexibility index (Phi) is 3.21. The molecular formula is C19H17N3O4. The van der Waals surface area contributed by atoms with Crippen molar-refractivity contribution >= 4 is 11.5 Å². The van der Waals surface area contributed by atoms with Crippen LogP contribution in [0, 0.1) is 0 Å². The first kappa shape index (κ1) is 14.9. The molecule has 0 bridgehead atoms. The first-order valence-electron chi connectivity index (χ1n) is 8.26. The summed E-state index contributed by atoms with van der Waals surface area (Å²) in [5.74, 6) is 3.80. The van der Waals surface area contributed by atoms with Crippen LogP contribution < -0.4 is 24.3 Å². The van der Waals surface area contributed by atoms with Gasteiger partial charge in [-0.2, -0.15) is 5.10 Å². The van der Waals surface area contributed by atoms with Crippen LogP contribution in [0.15, 0.2) is 30.3 Å². The van der Waals surface area contributed by atoms with Crippen molar-refractivity contribution in [3.63, 3.8) is 0 Å². The van der Waals surface area contributed by atoms with E-state index in [0.717, 1.165) is 52.0 Å². The lowest BCUT2D eigenvalue weighted by Gasteiger charge is -2.10. The Bertz CT molecular complexity index is 1010. The number of anilines is 2. The highest BCUT2D eigenvalue weighted by atomic mass is 16.7. The number of benzene rings is 2. The Labute approximate surface area is 149 Å². The van der Waals surface area contributed by atoms with Gasteiger partial charge in [0.25, 0.3) is 0 Å². The van der Waals surface area contributed by atoms with E-state index >= 15 is 0 Å². The summed E-state index contributed by atoms with van der Waals surface area (Å²) in [6.45, 7) is 0.261. The molecule has 0 saturated carbocycles. The van der Waals surface area contributed by atoms with Gasteiger partial charge in [-0.05, 0) is 29.8 Å². The van der Waals surface area contributed by atoms with Crippen LogP contribution in [0.1, 0.15) is 11.1 Å². The highest BCUT2D eigenvalue weighted by Crippen LogP contribution is 2.44. The number of fused-ring (bicyclic) bond motifs is 4. The largest absolute Gasteiger partial charge is 0.493 e. The minimum absolute atomic E-state index is 0.261. The zero-order valence-corrected chi connectivity index (χ0v) is 14.4. The fraction of sp³-hybridized carbons (Fsp3) is 0.211. The molecule has 7 heteroatoms. The van der Waals surface area contributed by atoms with Gasteiger partial charge < -0.3 is 24.3 Å². The Hall–Kier alpha value is -3.35. The van der Waals surface area contributed by atoms with Crippen molar-refractivity contribution in [2.75, 3.05) is 26.3 Å². The molecule has 2 heterocycles. The van der Waals surface area contributed by atoms with Crippen molar-refractivity contribution < 1.29 is 18.9 Å². The highest BCUT2D eigenvalue weighted by molar-refractivity contribution is 5.81. The van der Waals surface area contributed by atoms with Gasteiger partial charge in [-0.1, -0.05) is 0 Å². The first-order valence-corrected chi connectivity index (χ1v) is 8.26. The molecule has 7 nitrogen and oxygen atoms in total. The predicted molar refractivity (Wildman–Crippen MR) is 95.8 cm³/mol. The Morgan fingerprint density at radius 2 is 1.85 bits per heavy atom. The molecule has 26 heavy (non-hydrogen) atoms. The first-order chi connectivity index (χ1) is 12.8. The minimum atomic E-state index is 0.261. The maximum absolute atomic E-state index is 5.44. The topological polar surface area (TPSA) is 77.6 Å². The van der Waals surface area contributed by atoms with Gasteiger partial charge in [0, 0.05) is 29.3 Å². The fourth-order valence-electron chi connectivity index (χ4n) is 3.46. The van der Waals surface area contributed by atoms with Crippen molar-refractivity contribution in [2.24, 2.45) is 0 Å². The van der Waals surface area contributed by atoms with Gasteiger partial charge in [0.05, 0.1) is 19.9 Å². The quantitative estimate of drug-likeness (QED) is 0.586. The minimum Gasteiger partial charge on any atom is -0.493 e. The van der Waals surface area contributed by atoms with Gasteiger partial charge in [0.15, 0.2) is 23.0 Å². The molecule has 0 atom stereocenters. The average molecular weight is 351 g/mol. The third-order valence-corrected chi connectivity index (χ3v) is 4.74. The fourth-order valence-corrected chi connectivity index (χ4v) is 3.46. The molecule has 1 aliphatic carbocycles. The maximum atomic E-state index is 5.44. The zero-order valence-electron chi connectivity index (χ0n) is 14.4. The number of nitrogens with zero attached hydrogens (tertiary/aromatic N) is 1. The third-order valence-electron chi connectivity index (χ3n) is 4.74. The van der Waals surface area contributed by atoms with Crippen LogP contribution in [0.2, 0.25) is 0 Å². The van der Waals surface area contributed by atoms with Crippen molar-refractivity contribution in [1.82, 2.24) is 10.2 Å². The molecule has 1 aliphatic heterocycles. The van der Waals surface area contributed by atoms with Crippen LogP contribution in [-0.4, -0.2) is 31.2 Å². The van der Waals surface area contributed by atoms with E-state index in [1.807, 2.05) is 30.3 Å². The lowest BCUT2D eigenvalue weighted by Crippen LogP contribution is -1.96. The summed E-state index contributed by atoms with van der Waals surface area (Å²) in [5, 5.41) is 11.0. The van der Waals surface area contributed by atoms with Crippen LogP contribution in [0.4, 0.5) is 11.5 Å². The number of aromatic nitrogens is 2. The van der Waals surface area contributed by atoms with Gasteiger partial charge in [-0.25, -0.2) is 0 Å². The Balaban J connectivity index is 1.49. The molecule has 3 aromatic rings. The third kappa shape index (κ3) is 2.17. The van der Waals surface area contributed by atoms with Crippen molar-refractivity contribution in [3.05, 3.63) is 41.5 Å².